The molecule has 0 aliphatic heterocycles. The van der Waals surface area contributed by atoms with Crippen LogP contribution >= 0.6 is 0 Å². The molecule has 0 spiro atoms. The summed E-state index contributed by atoms with van der Waals surface area (Å²) >= 11 is 0. The van der Waals surface area contributed by atoms with Crippen molar-refractivity contribution in [3.05, 3.63) is 84.4 Å². The van der Waals surface area contributed by atoms with E-state index >= 15 is 0 Å². The van der Waals surface area contributed by atoms with E-state index in [0.717, 1.165) is 16.7 Å². The molecular weight excluding hydrogens is 292 g/mol. The summed E-state index contributed by atoms with van der Waals surface area (Å²) < 4.78 is 6.27. The molecule has 0 saturated heterocycles. The number of hydrogen-bond donors (Lipinski definition) is 0. The zero-order chi connectivity index (χ0) is 16.1. The summed E-state index contributed by atoms with van der Waals surface area (Å²) in [5.74, 6) is 0. The molecule has 5 rings (SSSR count). The van der Waals surface area contributed by atoms with Crippen molar-refractivity contribution in [3.63, 3.8) is 0 Å². The van der Waals surface area contributed by atoms with E-state index in [4.69, 9.17) is 4.42 Å². The first-order valence-electron chi connectivity index (χ1n) is 8.21. The number of rotatable bonds is 1. The minimum Gasteiger partial charge on any atom is -0.455 e. The number of furan rings is 1. The van der Waals surface area contributed by atoms with Gasteiger partial charge in [0, 0.05) is 16.3 Å². The highest BCUT2D eigenvalue weighted by Gasteiger charge is 2.13. The van der Waals surface area contributed by atoms with E-state index in [9.17, 15) is 0 Å². The van der Waals surface area contributed by atoms with Gasteiger partial charge in [-0.2, -0.15) is 0 Å². The van der Waals surface area contributed by atoms with Crippen molar-refractivity contribution in [2.45, 2.75) is 6.92 Å². The maximum absolute atomic E-state index is 6.27. The number of fused-ring (bicyclic) bond motifs is 4. The van der Waals surface area contributed by atoms with Gasteiger partial charge >= 0.3 is 0 Å². The Hall–Kier alpha value is -3.06. The lowest BCUT2D eigenvalue weighted by Gasteiger charge is -2.07. The van der Waals surface area contributed by atoms with Crippen LogP contribution in [0.3, 0.4) is 0 Å². The Kier molecular flexibility index (Phi) is 2.77. The smallest absolute Gasteiger partial charge is 0.143 e. The van der Waals surface area contributed by atoms with E-state index in [1.165, 1.54) is 32.7 Å². The highest BCUT2D eigenvalue weighted by molar-refractivity contribution is 6.12. The van der Waals surface area contributed by atoms with Crippen molar-refractivity contribution >= 4 is 32.7 Å². The predicted molar refractivity (Wildman–Crippen MR) is 101 cm³/mol. The Bertz CT molecular complexity index is 1210. The van der Waals surface area contributed by atoms with Crippen molar-refractivity contribution in [2.24, 2.45) is 0 Å². The lowest BCUT2D eigenvalue weighted by molar-refractivity contribution is 0.669. The van der Waals surface area contributed by atoms with Crippen molar-refractivity contribution in [1.29, 1.82) is 0 Å². The standard InChI is InChI=1S/C23H16O/c1-15-12-13-19-21-11-5-10-20(23(21)24-22(19)14-15)18-9-4-7-16-6-2-3-8-17(16)18/h2-14H,1H3. The van der Waals surface area contributed by atoms with E-state index in [1.54, 1.807) is 0 Å². The zero-order valence-electron chi connectivity index (χ0n) is 13.4. The second-order valence-electron chi connectivity index (χ2n) is 6.31. The highest BCUT2D eigenvalue weighted by Crippen LogP contribution is 2.38. The van der Waals surface area contributed by atoms with Crippen molar-refractivity contribution < 1.29 is 4.42 Å². The SMILES string of the molecule is Cc1ccc2c(c1)oc1c(-c3cccc4ccccc34)cccc12. The van der Waals surface area contributed by atoms with Crippen molar-refractivity contribution in [3.8, 4) is 11.1 Å². The maximum atomic E-state index is 6.27. The molecule has 0 bridgehead atoms. The van der Waals surface area contributed by atoms with E-state index in [-0.39, 0.29) is 0 Å². The van der Waals surface area contributed by atoms with Crippen LogP contribution in [0.25, 0.3) is 43.8 Å². The summed E-state index contributed by atoms with van der Waals surface area (Å²) in [6.07, 6.45) is 0. The molecule has 1 heteroatoms. The van der Waals surface area contributed by atoms with Gasteiger partial charge in [-0.3, -0.25) is 0 Å². The van der Waals surface area contributed by atoms with E-state index < -0.39 is 0 Å². The van der Waals surface area contributed by atoms with Crippen LogP contribution in [0.15, 0.2) is 83.3 Å². The van der Waals surface area contributed by atoms with Gasteiger partial charge in [0.1, 0.15) is 11.2 Å². The molecule has 114 valence electrons. The van der Waals surface area contributed by atoms with Crippen LogP contribution in [0.1, 0.15) is 5.56 Å². The fraction of sp³-hybridized carbons (Fsp3) is 0.0435. The van der Waals surface area contributed by atoms with E-state index in [2.05, 4.69) is 85.8 Å². The summed E-state index contributed by atoms with van der Waals surface area (Å²) in [7, 11) is 0. The Morgan fingerprint density at radius 1 is 0.625 bits per heavy atom. The molecule has 0 aliphatic rings. The molecule has 1 aromatic heterocycles. The minimum absolute atomic E-state index is 0.956. The van der Waals surface area contributed by atoms with Crippen LogP contribution in [0, 0.1) is 6.92 Å². The van der Waals surface area contributed by atoms with Crippen molar-refractivity contribution in [2.75, 3.05) is 0 Å². The average molecular weight is 308 g/mol. The van der Waals surface area contributed by atoms with E-state index in [1.807, 2.05) is 0 Å². The zero-order valence-corrected chi connectivity index (χ0v) is 13.4. The average Bonchev–Trinajstić information content (AvgIpc) is 2.98. The summed E-state index contributed by atoms with van der Waals surface area (Å²) in [4.78, 5) is 0. The minimum atomic E-state index is 0.956. The lowest BCUT2D eigenvalue weighted by Crippen LogP contribution is -1.82. The molecule has 0 fully saturated rings. The summed E-state index contributed by atoms with van der Waals surface area (Å²) in [6.45, 7) is 2.10. The molecule has 4 aromatic carbocycles. The predicted octanol–water partition coefficient (Wildman–Crippen LogP) is 6.71. The summed E-state index contributed by atoms with van der Waals surface area (Å²) in [5.41, 5.74) is 5.51. The van der Waals surface area contributed by atoms with E-state index in [0.29, 0.717) is 0 Å². The van der Waals surface area contributed by atoms with Gasteiger partial charge in [-0.05, 0) is 34.9 Å². The molecule has 5 aromatic rings. The molecular formula is C23H16O. The van der Waals surface area contributed by atoms with Gasteiger partial charge in [0.15, 0.2) is 0 Å². The molecule has 1 heterocycles. The molecule has 0 unspecified atom stereocenters. The Morgan fingerprint density at radius 3 is 2.33 bits per heavy atom. The molecule has 1 nitrogen and oxygen atoms in total. The first-order valence-corrected chi connectivity index (χ1v) is 8.21. The quantitative estimate of drug-likeness (QED) is 0.335. The first kappa shape index (κ1) is 13.4. The fourth-order valence-electron chi connectivity index (χ4n) is 3.58. The monoisotopic (exact) mass is 308 g/mol. The summed E-state index contributed by atoms with van der Waals surface area (Å²) in [6, 6.07) is 27.8. The van der Waals surface area contributed by atoms with Crippen LogP contribution in [0.2, 0.25) is 0 Å². The van der Waals surface area contributed by atoms with Gasteiger partial charge in [0.05, 0.1) is 0 Å². The van der Waals surface area contributed by atoms with Crippen LogP contribution in [-0.4, -0.2) is 0 Å². The first-order chi connectivity index (χ1) is 11.8. The van der Waals surface area contributed by atoms with Gasteiger partial charge in [0.25, 0.3) is 0 Å². The molecule has 0 aliphatic carbocycles. The van der Waals surface area contributed by atoms with Crippen molar-refractivity contribution in [1.82, 2.24) is 0 Å². The van der Waals surface area contributed by atoms with Gasteiger partial charge in [-0.15, -0.1) is 0 Å². The lowest BCUT2D eigenvalue weighted by atomic mass is 9.97. The van der Waals surface area contributed by atoms with Crippen LogP contribution < -0.4 is 0 Å². The number of hydrogen-bond acceptors (Lipinski definition) is 1. The Balaban J connectivity index is 1.91. The van der Waals surface area contributed by atoms with Crippen LogP contribution in [0.5, 0.6) is 0 Å². The second-order valence-corrected chi connectivity index (χ2v) is 6.31. The molecule has 0 N–H and O–H groups in total. The maximum Gasteiger partial charge on any atom is 0.143 e. The molecule has 0 atom stereocenters. The summed E-state index contributed by atoms with van der Waals surface area (Å²) in [5, 5.41) is 4.86. The number of benzene rings is 4. The largest absolute Gasteiger partial charge is 0.455 e. The third-order valence-electron chi connectivity index (χ3n) is 4.73. The molecule has 0 saturated carbocycles. The Labute approximate surface area is 140 Å². The topological polar surface area (TPSA) is 13.1 Å². The molecule has 0 amide bonds. The third-order valence-corrected chi connectivity index (χ3v) is 4.73. The van der Waals surface area contributed by atoms with Gasteiger partial charge < -0.3 is 4.42 Å². The highest BCUT2D eigenvalue weighted by atomic mass is 16.3. The second kappa shape index (κ2) is 4.97. The molecule has 0 radical (unpaired) electrons. The molecule has 24 heavy (non-hydrogen) atoms. The fourth-order valence-corrected chi connectivity index (χ4v) is 3.58. The normalized spacial score (nSPS) is 11.5. The van der Waals surface area contributed by atoms with Crippen LogP contribution in [0.4, 0.5) is 0 Å². The number of para-hydroxylation sites is 1. The van der Waals surface area contributed by atoms with Gasteiger partial charge in [-0.25, -0.2) is 0 Å². The Morgan fingerprint density at radius 2 is 1.38 bits per heavy atom. The van der Waals surface area contributed by atoms with Crippen LogP contribution in [-0.2, 0) is 0 Å². The van der Waals surface area contributed by atoms with Gasteiger partial charge in [0.2, 0.25) is 0 Å². The third kappa shape index (κ3) is 1.88. The van der Waals surface area contributed by atoms with Gasteiger partial charge in [-0.1, -0.05) is 72.8 Å². The number of aryl methyl sites for hydroxylation is 1.